The minimum Gasteiger partial charge on any atom is -0.380 e. The number of Topliss-reactive ketones (excluding diaryl/α,β-unsaturated/α-hetero) is 2. The van der Waals surface area contributed by atoms with Gasteiger partial charge >= 0.3 is 0 Å². The van der Waals surface area contributed by atoms with Gasteiger partial charge in [0.2, 0.25) is 0 Å². The minimum atomic E-state index is -4.18. The van der Waals surface area contributed by atoms with E-state index in [9.17, 15) is 26.4 Å². The van der Waals surface area contributed by atoms with Gasteiger partial charge in [-0.3, -0.25) is 18.7 Å². The molecule has 2 unspecified atom stereocenters. The number of carbonyl (C=O) groups excluding carboxylic acids is 2. The fourth-order valence-corrected chi connectivity index (χ4v) is 4.85. The van der Waals surface area contributed by atoms with E-state index in [2.05, 4.69) is 52.2 Å². The summed E-state index contributed by atoms with van der Waals surface area (Å²) in [6.45, 7) is 36.2. The number of carbonyl (C=O) groups is 2. The highest BCUT2D eigenvalue weighted by molar-refractivity contribution is 7.86. The summed E-state index contributed by atoms with van der Waals surface area (Å²) in [4.78, 5) is 24.2. The van der Waals surface area contributed by atoms with Crippen LogP contribution in [0.2, 0.25) is 0 Å². The number of rotatable bonds is 10. The predicted octanol–water partition coefficient (Wildman–Crippen LogP) is 5.59. The third-order valence-corrected chi connectivity index (χ3v) is 6.66. The Labute approximate surface area is 276 Å². The molecule has 0 saturated carbocycles. The second-order valence-corrected chi connectivity index (χ2v) is 21.2. The average molecular weight is 689 g/mol. The van der Waals surface area contributed by atoms with Crippen molar-refractivity contribution in [1.29, 1.82) is 0 Å². The van der Waals surface area contributed by atoms with E-state index in [-0.39, 0.29) is 11.6 Å². The molecule has 0 aliphatic heterocycles. The molecule has 0 heterocycles. The Kier molecular flexibility index (Phi) is 18.8. The van der Waals surface area contributed by atoms with Crippen molar-refractivity contribution in [2.75, 3.05) is 24.7 Å². The molecule has 0 aliphatic carbocycles. The molecule has 13 heteroatoms. The summed E-state index contributed by atoms with van der Waals surface area (Å²) < 4.78 is 67.0. The van der Waals surface area contributed by atoms with E-state index in [4.69, 9.17) is 13.8 Å². The van der Waals surface area contributed by atoms with Crippen LogP contribution in [0.25, 0.3) is 0 Å². The van der Waals surface area contributed by atoms with Gasteiger partial charge in [0.15, 0.2) is 11.6 Å². The molecule has 0 rings (SSSR count). The Morgan fingerprint density at radius 3 is 0.889 bits per heavy atom. The second-order valence-electron chi connectivity index (χ2n) is 18.2. The van der Waals surface area contributed by atoms with Crippen molar-refractivity contribution in [2.24, 2.45) is 21.7 Å². The summed E-state index contributed by atoms with van der Waals surface area (Å²) in [5, 5.41) is 5.86. The quantitative estimate of drug-likeness (QED) is 0.211. The van der Waals surface area contributed by atoms with Crippen molar-refractivity contribution in [2.45, 2.75) is 148 Å². The number of nitrogens with one attached hydrogen (secondary N) is 2. The molecular formula is C32H68N2O9S2. The summed E-state index contributed by atoms with van der Waals surface area (Å²) in [7, 11) is -8.37. The van der Waals surface area contributed by atoms with E-state index in [1.165, 1.54) is 0 Å². The van der Waals surface area contributed by atoms with Crippen molar-refractivity contribution in [1.82, 2.24) is 10.6 Å². The van der Waals surface area contributed by atoms with Crippen LogP contribution in [0.3, 0.4) is 0 Å². The van der Waals surface area contributed by atoms with Gasteiger partial charge in [0.25, 0.3) is 20.2 Å². The largest absolute Gasteiger partial charge is 0.380 e. The number of ether oxygens (including phenoxy) is 1. The number of ketones is 2. The fraction of sp³-hybridized carbons (Fsp3) is 0.938. The first kappa shape index (κ1) is 48.4. The number of hydrogen-bond donors (Lipinski definition) is 4. The molecule has 4 N–H and O–H groups in total. The van der Waals surface area contributed by atoms with E-state index < -0.39 is 65.7 Å². The predicted molar refractivity (Wildman–Crippen MR) is 185 cm³/mol. The third kappa shape index (κ3) is 32.8. The first-order valence-electron chi connectivity index (χ1n) is 15.3. The molecule has 2 atom stereocenters. The molecule has 0 saturated heterocycles. The highest BCUT2D eigenvalue weighted by Crippen LogP contribution is 2.21. The lowest BCUT2D eigenvalue weighted by Crippen LogP contribution is -2.53. The molecule has 0 aromatic rings. The summed E-state index contributed by atoms with van der Waals surface area (Å²) in [6.07, 6.45) is 0. The average Bonchev–Trinajstić information content (AvgIpc) is 2.65. The molecule has 0 amide bonds. The zero-order valence-corrected chi connectivity index (χ0v) is 33.2. The minimum absolute atomic E-state index is 0.231. The Hall–Kier alpha value is -0.960. The lowest BCUT2D eigenvalue weighted by atomic mass is 9.86. The zero-order valence-electron chi connectivity index (χ0n) is 31.6. The van der Waals surface area contributed by atoms with Gasteiger partial charge in [-0.25, -0.2) is 0 Å². The maximum absolute atomic E-state index is 12.1. The van der Waals surface area contributed by atoms with E-state index in [0.717, 1.165) is 13.2 Å². The molecule has 0 aliphatic rings. The summed E-state index contributed by atoms with van der Waals surface area (Å²) in [6, 6.07) is -1.80. The standard InChI is InChI=1S/2C11H23NO4S.C10H22O/c2*1-10(2,3)9(13)8(7-17(14,15)16)12-11(4,5)6;1-9(2,3)7-11-8-10(4,5)6/h2*8,12H,7H2,1-6H3,(H,14,15,16);7-8H2,1-6H3. The monoisotopic (exact) mass is 688 g/mol. The van der Waals surface area contributed by atoms with E-state index >= 15 is 0 Å². The summed E-state index contributed by atoms with van der Waals surface area (Å²) in [5.74, 6) is -1.66. The van der Waals surface area contributed by atoms with Crippen LogP contribution in [-0.4, -0.2) is 85.4 Å². The van der Waals surface area contributed by atoms with Gasteiger partial charge < -0.3 is 15.4 Å². The van der Waals surface area contributed by atoms with Gasteiger partial charge in [0.1, 0.15) is 0 Å². The summed E-state index contributed by atoms with van der Waals surface area (Å²) in [5.41, 5.74) is -1.54. The van der Waals surface area contributed by atoms with Crippen molar-refractivity contribution >= 4 is 31.8 Å². The Bertz CT molecular complexity index is 1030. The van der Waals surface area contributed by atoms with Gasteiger partial charge in [-0.15, -0.1) is 0 Å². The zero-order chi connectivity index (χ0) is 37.3. The van der Waals surface area contributed by atoms with Crippen LogP contribution in [-0.2, 0) is 34.6 Å². The first-order valence-corrected chi connectivity index (χ1v) is 18.5. The molecule has 0 aromatic heterocycles. The Balaban J connectivity index is -0.000000604. The molecule has 0 aromatic carbocycles. The van der Waals surface area contributed by atoms with Crippen molar-refractivity contribution in [3.8, 4) is 0 Å². The second kappa shape index (κ2) is 17.4. The van der Waals surface area contributed by atoms with Crippen LogP contribution in [0.4, 0.5) is 0 Å². The molecule has 272 valence electrons. The van der Waals surface area contributed by atoms with Crippen LogP contribution in [0.5, 0.6) is 0 Å². The van der Waals surface area contributed by atoms with Gasteiger partial charge in [-0.1, -0.05) is 83.1 Å². The van der Waals surface area contributed by atoms with Crippen LogP contribution in [0.15, 0.2) is 0 Å². The highest BCUT2D eigenvalue weighted by Gasteiger charge is 2.35. The molecule has 0 fully saturated rings. The lowest BCUT2D eigenvalue weighted by molar-refractivity contribution is -0.129. The number of hydrogen-bond acceptors (Lipinski definition) is 9. The SMILES string of the molecule is CC(C)(C)COCC(C)(C)C.CC(C)(C)NC(CS(=O)(=O)O)C(=O)C(C)(C)C.CC(C)(C)NC(CS(=O)(=O)O)C(=O)C(C)(C)C. The van der Waals surface area contributed by atoms with Gasteiger partial charge in [0, 0.05) is 21.9 Å². The van der Waals surface area contributed by atoms with E-state index in [1.807, 2.05) is 41.5 Å². The van der Waals surface area contributed by atoms with Crippen LogP contribution in [0.1, 0.15) is 125 Å². The van der Waals surface area contributed by atoms with Crippen LogP contribution in [0, 0.1) is 21.7 Å². The smallest absolute Gasteiger partial charge is 0.266 e. The molecule has 0 spiro atoms. The molecular weight excluding hydrogens is 620 g/mol. The highest BCUT2D eigenvalue weighted by atomic mass is 32.2. The Morgan fingerprint density at radius 2 is 0.756 bits per heavy atom. The third-order valence-electron chi connectivity index (χ3n) is 5.15. The lowest BCUT2D eigenvalue weighted by Gasteiger charge is -2.31. The van der Waals surface area contributed by atoms with E-state index in [0.29, 0.717) is 10.8 Å². The molecule has 45 heavy (non-hydrogen) atoms. The molecule has 11 nitrogen and oxygen atoms in total. The van der Waals surface area contributed by atoms with Crippen molar-refractivity contribution < 1.29 is 40.3 Å². The molecule has 0 radical (unpaired) electrons. The van der Waals surface area contributed by atoms with Gasteiger partial charge in [-0.05, 0) is 52.4 Å². The van der Waals surface area contributed by atoms with Crippen LogP contribution < -0.4 is 10.6 Å². The first-order chi connectivity index (χ1) is 19.2. The van der Waals surface area contributed by atoms with Crippen molar-refractivity contribution in [3.05, 3.63) is 0 Å². The van der Waals surface area contributed by atoms with E-state index in [1.54, 1.807) is 41.5 Å². The maximum Gasteiger partial charge on any atom is 0.266 e. The normalized spacial score (nSPS) is 15.2. The van der Waals surface area contributed by atoms with Gasteiger partial charge in [0.05, 0.1) is 36.8 Å². The van der Waals surface area contributed by atoms with Gasteiger partial charge in [-0.2, -0.15) is 16.8 Å². The molecule has 0 bridgehead atoms. The topological polar surface area (TPSA) is 176 Å². The van der Waals surface area contributed by atoms with Crippen molar-refractivity contribution in [3.63, 3.8) is 0 Å². The Morgan fingerprint density at radius 1 is 0.533 bits per heavy atom. The fourth-order valence-electron chi connectivity index (χ4n) is 3.54. The van der Waals surface area contributed by atoms with Crippen LogP contribution >= 0.6 is 0 Å². The maximum atomic E-state index is 12.1. The summed E-state index contributed by atoms with van der Waals surface area (Å²) >= 11 is 0.